The molecule has 0 aliphatic carbocycles. The van der Waals surface area contributed by atoms with Gasteiger partial charge in [0.2, 0.25) is 5.91 Å². The first-order chi connectivity index (χ1) is 15.0. The molecule has 4 rings (SSSR count). The fourth-order valence-electron chi connectivity index (χ4n) is 4.37. The summed E-state index contributed by atoms with van der Waals surface area (Å²) in [5.41, 5.74) is 8.93. The average molecular weight is 416 g/mol. The minimum absolute atomic E-state index is 0.235. The molecular weight excluding hydrogens is 390 g/mol. The number of carbonyl (C=O) groups is 1. The molecule has 2 aromatic heterocycles. The maximum Gasteiger partial charge on any atom is 0.238 e. The number of aromatic nitrogens is 3. The average Bonchev–Trinajstić information content (AvgIpc) is 2.79. The topological polar surface area (TPSA) is 130 Å². The summed E-state index contributed by atoms with van der Waals surface area (Å²) in [6, 6.07) is 8.82. The molecule has 158 valence electrons. The van der Waals surface area contributed by atoms with Crippen LogP contribution in [-0.4, -0.2) is 40.0 Å². The van der Waals surface area contributed by atoms with Crippen LogP contribution in [0, 0.1) is 17.2 Å². The Morgan fingerprint density at radius 3 is 2.84 bits per heavy atom. The zero-order valence-electron chi connectivity index (χ0n) is 17.4. The molecule has 0 spiro atoms. The number of amides is 1. The van der Waals surface area contributed by atoms with Gasteiger partial charge < -0.3 is 16.4 Å². The van der Waals surface area contributed by atoms with Gasteiger partial charge in [0.25, 0.3) is 0 Å². The van der Waals surface area contributed by atoms with Gasteiger partial charge in [-0.2, -0.15) is 5.26 Å². The fraction of sp³-hybridized carbons (Fsp3) is 0.348. The van der Waals surface area contributed by atoms with Gasteiger partial charge in [-0.3, -0.25) is 19.7 Å². The number of carbonyl (C=O) groups excluding carboxylic acids is 1. The van der Waals surface area contributed by atoms with Crippen molar-refractivity contribution in [1.29, 1.82) is 5.26 Å². The largest absolute Gasteiger partial charge is 0.344 e. The van der Waals surface area contributed by atoms with Gasteiger partial charge in [0, 0.05) is 36.9 Å². The molecule has 0 unspecified atom stereocenters. The van der Waals surface area contributed by atoms with Crippen molar-refractivity contribution in [2.45, 2.75) is 31.3 Å². The Balaban J connectivity index is 1.71. The minimum atomic E-state index is -0.714. The molecule has 0 bridgehead atoms. The van der Waals surface area contributed by atoms with Gasteiger partial charge in [-0.05, 0) is 43.0 Å². The van der Waals surface area contributed by atoms with Gasteiger partial charge in [-0.15, -0.1) is 0 Å². The molecule has 1 aliphatic rings. The van der Waals surface area contributed by atoms with Gasteiger partial charge in [0.1, 0.15) is 11.6 Å². The van der Waals surface area contributed by atoms with E-state index in [1.165, 1.54) is 0 Å². The molecule has 1 aromatic carbocycles. The van der Waals surface area contributed by atoms with E-state index in [-0.39, 0.29) is 5.91 Å². The number of hydrogen-bond acceptors (Lipinski definition) is 7. The Morgan fingerprint density at radius 2 is 2.13 bits per heavy atom. The molecule has 8 nitrogen and oxygen atoms in total. The van der Waals surface area contributed by atoms with E-state index < -0.39 is 11.6 Å². The predicted octanol–water partition coefficient (Wildman–Crippen LogP) is 1.41. The Labute approximate surface area is 180 Å². The van der Waals surface area contributed by atoms with Crippen molar-refractivity contribution >= 4 is 16.9 Å². The lowest BCUT2D eigenvalue weighted by Gasteiger charge is -2.42. The summed E-state index contributed by atoms with van der Waals surface area (Å²) >= 11 is 0. The van der Waals surface area contributed by atoms with E-state index in [1.807, 2.05) is 18.2 Å². The van der Waals surface area contributed by atoms with E-state index in [4.69, 9.17) is 5.73 Å². The third-order valence-electron chi connectivity index (χ3n) is 5.76. The van der Waals surface area contributed by atoms with Crippen LogP contribution in [0.1, 0.15) is 30.0 Å². The van der Waals surface area contributed by atoms with Crippen LogP contribution in [0.4, 0.5) is 0 Å². The number of nitriles is 1. The second kappa shape index (κ2) is 8.76. The number of piperidine rings is 1. The summed E-state index contributed by atoms with van der Waals surface area (Å²) in [4.78, 5) is 26.2. The van der Waals surface area contributed by atoms with Crippen LogP contribution in [0.2, 0.25) is 0 Å². The van der Waals surface area contributed by atoms with E-state index in [0.717, 1.165) is 24.1 Å². The fourth-order valence-corrected chi connectivity index (χ4v) is 4.37. The zero-order chi connectivity index (χ0) is 21.8. The molecule has 1 aliphatic heterocycles. The minimum Gasteiger partial charge on any atom is -0.344 e. The van der Waals surface area contributed by atoms with Crippen LogP contribution >= 0.6 is 0 Å². The number of nitrogens with two attached hydrogens (primary N) is 1. The smallest absolute Gasteiger partial charge is 0.238 e. The number of benzene rings is 1. The lowest BCUT2D eigenvalue weighted by molar-refractivity contribution is -0.124. The standard InChI is InChI=1S/C23H25N7O/c1-15-10-23(14-27-12-15,30-22(31)19(25)9-16-3-2-6-26-13-16)18-5-4-17(11-24)20-21(18)29-8-7-28-20/h2-8,13,15,19,27H,9-10,12,14,25H2,1H3,(H,30,31)/t15-,19-,23-/m0/s1. The van der Waals surface area contributed by atoms with Crippen molar-refractivity contribution in [1.82, 2.24) is 25.6 Å². The molecule has 3 aromatic rings. The lowest BCUT2D eigenvalue weighted by atomic mass is 9.77. The molecule has 0 saturated carbocycles. The second-order valence-corrected chi connectivity index (χ2v) is 8.21. The Hall–Kier alpha value is -3.41. The summed E-state index contributed by atoms with van der Waals surface area (Å²) in [7, 11) is 0. The summed E-state index contributed by atoms with van der Waals surface area (Å²) < 4.78 is 0. The number of hydrogen-bond donors (Lipinski definition) is 3. The first kappa shape index (κ1) is 20.8. The molecule has 1 saturated heterocycles. The van der Waals surface area contributed by atoms with Crippen molar-refractivity contribution < 1.29 is 4.79 Å². The van der Waals surface area contributed by atoms with Crippen molar-refractivity contribution in [3.8, 4) is 6.07 Å². The van der Waals surface area contributed by atoms with Gasteiger partial charge >= 0.3 is 0 Å². The normalized spacial score (nSPS) is 21.9. The van der Waals surface area contributed by atoms with Crippen LogP contribution in [0.5, 0.6) is 0 Å². The van der Waals surface area contributed by atoms with Crippen molar-refractivity contribution in [3.63, 3.8) is 0 Å². The molecule has 0 radical (unpaired) electrons. The number of nitrogens with zero attached hydrogens (tertiary/aromatic N) is 4. The van der Waals surface area contributed by atoms with Gasteiger partial charge in [-0.25, -0.2) is 0 Å². The SMILES string of the molecule is C[C@@H]1CNC[C@](NC(=O)[C@@H](N)Cc2cccnc2)(c2ccc(C#N)c3nccnc23)C1. The van der Waals surface area contributed by atoms with E-state index in [0.29, 0.717) is 35.5 Å². The highest BCUT2D eigenvalue weighted by atomic mass is 16.2. The highest BCUT2D eigenvalue weighted by molar-refractivity contribution is 5.87. The lowest BCUT2D eigenvalue weighted by Crippen LogP contribution is -2.60. The van der Waals surface area contributed by atoms with Crippen LogP contribution in [0.25, 0.3) is 11.0 Å². The molecule has 4 N–H and O–H groups in total. The summed E-state index contributed by atoms with van der Waals surface area (Å²) in [5, 5.41) is 16.1. The van der Waals surface area contributed by atoms with Gasteiger partial charge in [0.05, 0.1) is 22.7 Å². The summed E-state index contributed by atoms with van der Waals surface area (Å²) in [6.07, 6.45) is 7.71. The van der Waals surface area contributed by atoms with Gasteiger partial charge in [0.15, 0.2) is 0 Å². The number of nitrogens with one attached hydrogen (secondary N) is 2. The molecule has 3 heterocycles. The quantitative estimate of drug-likeness (QED) is 0.574. The van der Waals surface area contributed by atoms with Crippen LogP contribution < -0.4 is 16.4 Å². The Bertz CT molecular complexity index is 1130. The molecular formula is C23H25N7O. The van der Waals surface area contributed by atoms with Crippen molar-refractivity contribution in [3.05, 3.63) is 65.7 Å². The van der Waals surface area contributed by atoms with Crippen molar-refractivity contribution in [2.75, 3.05) is 13.1 Å². The molecule has 1 amide bonds. The van der Waals surface area contributed by atoms with E-state index in [9.17, 15) is 10.1 Å². The highest BCUT2D eigenvalue weighted by Gasteiger charge is 2.40. The zero-order valence-corrected chi connectivity index (χ0v) is 17.4. The highest BCUT2D eigenvalue weighted by Crippen LogP contribution is 2.35. The summed E-state index contributed by atoms with van der Waals surface area (Å²) in [5.74, 6) is 0.0899. The van der Waals surface area contributed by atoms with Gasteiger partial charge in [-0.1, -0.05) is 19.1 Å². The van der Waals surface area contributed by atoms with Crippen LogP contribution in [0.3, 0.4) is 0 Å². The third kappa shape index (κ3) is 4.24. The second-order valence-electron chi connectivity index (χ2n) is 8.21. The van der Waals surface area contributed by atoms with E-state index >= 15 is 0 Å². The monoisotopic (exact) mass is 415 g/mol. The molecule has 31 heavy (non-hydrogen) atoms. The first-order valence-electron chi connectivity index (χ1n) is 10.3. The Morgan fingerprint density at radius 1 is 1.32 bits per heavy atom. The maximum atomic E-state index is 13.2. The maximum absolute atomic E-state index is 13.2. The van der Waals surface area contributed by atoms with E-state index in [1.54, 1.807) is 30.9 Å². The molecule has 1 fully saturated rings. The third-order valence-corrected chi connectivity index (χ3v) is 5.76. The first-order valence-corrected chi connectivity index (χ1v) is 10.3. The van der Waals surface area contributed by atoms with E-state index in [2.05, 4.69) is 38.6 Å². The number of fused-ring (bicyclic) bond motifs is 1. The number of rotatable bonds is 5. The van der Waals surface area contributed by atoms with Crippen LogP contribution in [-0.2, 0) is 16.8 Å². The van der Waals surface area contributed by atoms with Crippen molar-refractivity contribution in [2.24, 2.45) is 11.7 Å². The summed E-state index contributed by atoms with van der Waals surface area (Å²) in [6.45, 7) is 3.54. The number of pyridine rings is 1. The molecule has 8 heteroatoms. The van der Waals surface area contributed by atoms with Crippen LogP contribution in [0.15, 0.2) is 49.1 Å². The predicted molar refractivity (Wildman–Crippen MR) is 117 cm³/mol. The Kier molecular flexibility index (Phi) is 5.89. The molecule has 3 atom stereocenters.